The summed E-state index contributed by atoms with van der Waals surface area (Å²) in [6.07, 6.45) is 0.232. The molecule has 0 aromatic carbocycles. The lowest BCUT2D eigenvalue weighted by Crippen LogP contribution is -2.10. The van der Waals surface area contributed by atoms with E-state index in [0.29, 0.717) is 0 Å². The molecule has 2 unspecified atom stereocenters. The van der Waals surface area contributed by atoms with E-state index >= 15 is 0 Å². The van der Waals surface area contributed by atoms with E-state index in [1.807, 2.05) is 0 Å². The van der Waals surface area contributed by atoms with Gasteiger partial charge in [-0.1, -0.05) is 0 Å². The lowest BCUT2D eigenvalue weighted by molar-refractivity contribution is -0.151. The molecule has 0 bridgehead atoms. The quantitative estimate of drug-likeness (QED) is 0.231. The van der Waals surface area contributed by atoms with Crippen molar-refractivity contribution >= 4 is 47.7 Å². The highest BCUT2D eigenvalue weighted by atomic mass is 127. The molecule has 0 aromatic rings. The third-order valence-corrected chi connectivity index (χ3v) is 2.62. The lowest BCUT2D eigenvalue weighted by Gasteiger charge is -2.00. The SMILES string of the molecule is O=C1CC(B(P)I)C(=O)O1. The number of cyclic esters (lactones) is 2. The Kier molecular flexibility index (Phi) is 2.69. The Bertz CT molecular complexity index is 183. The van der Waals surface area contributed by atoms with E-state index in [1.165, 1.54) is 0 Å². The summed E-state index contributed by atoms with van der Waals surface area (Å²) in [7, 11) is 2.48. The van der Waals surface area contributed by atoms with Crippen molar-refractivity contribution in [3.63, 3.8) is 0 Å². The predicted octanol–water partition coefficient (Wildman–Crippen LogP) is 0.628. The van der Waals surface area contributed by atoms with Crippen LogP contribution in [0.4, 0.5) is 0 Å². The zero-order chi connectivity index (χ0) is 7.72. The zero-order valence-corrected chi connectivity index (χ0v) is 8.35. The lowest BCUT2D eigenvalue weighted by atomic mass is 9.84. The Morgan fingerprint density at radius 3 is 2.50 bits per heavy atom. The second kappa shape index (κ2) is 3.18. The fraction of sp³-hybridized carbons (Fsp3) is 0.500. The van der Waals surface area contributed by atoms with Gasteiger partial charge in [0, 0.05) is 0 Å². The molecule has 6 heteroatoms. The molecule has 1 rings (SSSR count). The molecular formula is C4H5BIO3P. The smallest absolute Gasteiger partial charge is 0.313 e. The molecule has 1 aliphatic rings. The van der Waals surface area contributed by atoms with Gasteiger partial charge in [-0.05, 0) is 0 Å². The number of hydrogen-bond acceptors (Lipinski definition) is 3. The fourth-order valence-corrected chi connectivity index (χ4v) is 1.58. The Hall–Kier alpha value is 0.365. The second-order valence-corrected chi connectivity index (χ2v) is 5.56. The van der Waals surface area contributed by atoms with Crippen molar-refractivity contribution in [1.29, 1.82) is 0 Å². The first-order valence-electron chi connectivity index (χ1n) is 2.75. The molecule has 2 atom stereocenters. The molecule has 0 spiro atoms. The van der Waals surface area contributed by atoms with Crippen molar-refractivity contribution in [3.8, 4) is 0 Å². The predicted molar refractivity (Wildman–Crippen MR) is 49.0 cm³/mol. The molecule has 1 saturated heterocycles. The highest BCUT2D eigenvalue weighted by Crippen LogP contribution is 2.31. The number of carbonyl (C=O) groups is 2. The second-order valence-electron chi connectivity index (χ2n) is 2.05. The first-order chi connectivity index (χ1) is 4.61. The van der Waals surface area contributed by atoms with Crippen LogP contribution < -0.4 is 0 Å². The van der Waals surface area contributed by atoms with Crippen molar-refractivity contribution in [1.82, 2.24) is 0 Å². The Morgan fingerprint density at radius 1 is 1.70 bits per heavy atom. The van der Waals surface area contributed by atoms with Gasteiger partial charge < -0.3 is 4.74 Å². The van der Waals surface area contributed by atoms with Gasteiger partial charge in [-0.3, -0.25) is 9.59 Å². The van der Waals surface area contributed by atoms with E-state index in [9.17, 15) is 9.59 Å². The largest absolute Gasteiger partial charge is 0.393 e. The Labute approximate surface area is 74.4 Å². The maximum Gasteiger partial charge on any atom is 0.313 e. The molecule has 0 saturated carbocycles. The number of carbonyl (C=O) groups excluding carboxylic acids is 2. The fourth-order valence-electron chi connectivity index (χ4n) is 0.735. The summed E-state index contributed by atoms with van der Waals surface area (Å²) in [5.74, 6) is -1.04. The minimum absolute atomic E-state index is 0.0940. The average molecular weight is 270 g/mol. The van der Waals surface area contributed by atoms with Gasteiger partial charge in [0.05, 0.1) is 12.2 Å². The van der Waals surface area contributed by atoms with E-state index in [-0.39, 0.29) is 22.5 Å². The molecule has 1 aliphatic heterocycles. The summed E-state index contributed by atoms with van der Waals surface area (Å²) in [4.78, 5) is 21.3. The van der Waals surface area contributed by atoms with E-state index in [1.54, 1.807) is 0 Å². The van der Waals surface area contributed by atoms with Gasteiger partial charge in [-0.2, -0.15) is 9.12 Å². The van der Waals surface area contributed by atoms with Crippen LogP contribution in [0, 0.1) is 0 Å². The summed E-state index contributed by atoms with van der Waals surface area (Å²) >= 11 is 2.08. The molecular weight excluding hydrogens is 265 g/mol. The third kappa shape index (κ3) is 1.69. The highest BCUT2D eigenvalue weighted by molar-refractivity contribution is 14.1. The van der Waals surface area contributed by atoms with Crippen molar-refractivity contribution in [2.45, 2.75) is 12.2 Å². The van der Waals surface area contributed by atoms with Crippen molar-refractivity contribution in [2.24, 2.45) is 0 Å². The summed E-state index contributed by atoms with van der Waals surface area (Å²) in [6, 6.07) is 0. The van der Waals surface area contributed by atoms with Crippen LogP contribution in [-0.2, 0) is 14.3 Å². The van der Waals surface area contributed by atoms with Crippen LogP contribution in [0.15, 0.2) is 0 Å². The topological polar surface area (TPSA) is 43.4 Å². The summed E-state index contributed by atoms with van der Waals surface area (Å²) < 4.78 is 4.43. The number of halogens is 1. The first kappa shape index (κ1) is 8.46. The van der Waals surface area contributed by atoms with E-state index in [2.05, 4.69) is 36.2 Å². The normalized spacial score (nSPS) is 24.8. The standard InChI is InChI=1S/C4H5BIO3P/c6-5(10)2-1-3(7)9-4(2)8/h2H,1,10H2. The van der Waals surface area contributed by atoms with Crippen LogP contribution in [0.2, 0.25) is 5.82 Å². The maximum absolute atomic E-state index is 10.8. The highest BCUT2D eigenvalue weighted by Gasteiger charge is 2.37. The van der Waals surface area contributed by atoms with Gasteiger partial charge in [-0.15, -0.1) is 22.4 Å². The number of esters is 2. The molecule has 0 radical (unpaired) electrons. The maximum atomic E-state index is 10.8. The molecule has 3 nitrogen and oxygen atoms in total. The number of rotatable bonds is 1. The Morgan fingerprint density at radius 2 is 2.30 bits per heavy atom. The molecule has 54 valence electrons. The van der Waals surface area contributed by atoms with Gasteiger partial charge in [0.1, 0.15) is 0 Å². The van der Waals surface area contributed by atoms with Gasteiger partial charge >= 0.3 is 11.9 Å². The van der Waals surface area contributed by atoms with Gasteiger partial charge in [0.2, 0.25) is 0 Å². The monoisotopic (exact) mass is 270 g/mol. The molecule has 0 aromatic heterocycles. The van der Waals surface area contributed by atoms with Gasteiger partial charge in [-0.25, -0.2) is 0 Å². The zero-order valence-electron chi connectivity index (χ0n) is 5.04. The van der Waals surface area contributed by atoms with Gasteiger partial charge in [0.15, 0.2) is 0 Å². The van der Waals surface area contributed by atoms with Crippen molar-refractivity contribution in [2.75, 3.05) is 0 Å². The van der Waals surface area contributed by atoms with E-state index in [0.717, 1.165) is 0 Å². The number of ether oxygens (including phenoxy) is 1. The minimum atomic E-state index is -0.404. The summed E-state index contributed by atoms with van der Waals surface area (Å²) in [6.45, 7) is 0. The minimum Gasteiger partial charge on any atom is -0.393 e. The molecule has 1 heterocycles. The van der Waals surface area contributed by atoms with E-state index < -0.39 is 5.97 Å². The number of hydrogen-bond donors (Lipinski definition) is 0. The Balaban J connectivity index is 2.63. The third-order valence-electron chi connectivity index (χ3n) is 1.29. The van der Waals surface area contributed by atoms with E-state index in [4.69, 9.17) is 0 Å². The first-order valence-corrected chi connectivity index (χ1v) is 4.66. The molecule has 0 N–H and O–H groups in total. The van der Waals surface area contributed by atoms with Crippen LogP contribution in [-0.4, -0.2) is 16.2 Å². The average Bonchev–Trinajstić information content (AvgIpc) is 2.10. The molecule has 1 fully saturated rings. The van der Waals surface area contributed by atoms with Crippen molar-refractivity contribution < 1.29 is 14.3 Å². The summed E-state index contributed by atoms with van der Waals surface area (Å²) in [5, 5.41) is 0. The summed E-state index contributed by atoms with van der Waals surface area (Å²) in [5.41, 5.74) is 0. The molecule has 0 amide bonds. The molecule has 0 aliphatic carbocycles. The van der Waals surface area contributed by atoms with Crippen LogP contribution >= 0.6 is 31.5 Å². The molecule has 10 heavy (non-hydrogen) atoms. The van der Waals surface area contributed by atoms with Crippen LogP contribution in [0.5, 0.6) is 0 Å². The van der Waals surface area contributed by atoms with Crippen LogP contribution in [0.1, 0.15) is 6.42 Å². The van der Waals surface area contributed by atoms with Gasteiger partial charge in [0.25, 0.3) is 4.29 Å². The van der Waals surface area contributed by atoms with Crippen molar-refractivity contribution in [3.05, 3.63) is 0 Å². The van der Waals surface area contributed by atoms with Crippen LogP contribution in [0.3, 0.4) is 0 Å². The van der Waals surface area contributed by atoms with Crippen LogP contribution in [0.25, 0.3) is 0 Å².